The number of H-pyrrole nitrogens is 2. The fourth-order valence-electron chi connectivity index (χ4n) is 2.45. The summed E-state index contributed by atoms with van der Waals surface area (Å²) in [5, 5.41) is 10.6. The van der Waals surface area contributed by atoms with Crippen LogP contribution in [0.25, 0.3) is 21.8 Å². The topological polar surface area (TPSA) is 112 Å². The van der Waals surface area contributed by atoms with Crippen LogP contribution in [0.5, 0.6) is 0 Å². The molecular formula is C18H13Br2N3O3. The van der Waals surface area contributed by atoms with Crippen LogP contribution in [-0.2, 0) is 0 Å². The van der Waals surface area contributed by atoms with E-state index in [0.717, 1.165) is 30.8 Å². The predicted octanol–water partition coefficient (Wildman–Crippen LogP) is 4.66. The minimum atomic E-state index is -0.938. The number of aromatic carboxylic acids is 1. The largest absolute Gasteiger partial charge is 0.477 e. The Hall–Kier alpha value is -2.58. The number of carboxylic acid groups (broad SMARTS) is 1. The van der Waals surface area contributed by atoms with Crippen LogP contribution >= 0.6 is 31.9 Å². The highest BCUT2D eigenvalue weighted by molar-refractivity contribution is 9.10. The van der Waals surface area contributed by atoms with E-state index in [1.165, 1.54) is 0 Å². The van der Waals surface area contributed by atoms with Crippen molar-refractivity contribution in [2.45, 2.75) is 0 Å². The first-order valence-corrected chi connectivity index (χ1v) is 9.02. The third kappa shape index (κ3) is 3.97. The molecule has 4 rings (SSSR count). The molecule has 0 aliphatic rings. The Morgan fingerprint density at radius 2 is 1.27 bits per heavy atom. The molecule has 0 bridgehead atoms. The molecule has 5 N–H and O–H groups in total. The van der Waals surface area contributed by atoms with E-state index in [2.05, 4.69) is 41.8 Å². The number of amides is 1. The molecule has 1 amide bonds. The highest BCUT2D eigenvalue weighted by Crippen LogP contribution is 2.21. The van der Waals surface area contributed by atoms with Crippen molar-refractivity contribution < 1.29 is 14.7 Å². The monoisotopic (exact) mass is 477 g/mol. The lowest BCUT2D eigenvalue weighted by molar-refractivity contribution is 0.0691. The van der Waals surface area contributed by atoms with Crippen LogP contribution in [0.2, 0.25) is 0 Å². The number of hydrogen-bond acceptors (Lipinski definition) is 2. The highest BCUT2D eigenvalue weighted by atomic mass is 79.9. The first-order chi connectivity index (χ1) is 12.3. The van der Waals surface area contributed by atoms with E-state index in [1.807, 2.05) is 36.4 Å². The number of nitrogens with two attached hydrogens (primary N) is 1. The van der Waals surface area contributed by atoms with Gasteiger partial charge in [0.15, 0.2) is 0 Å². The summed E-state index contributed by atoms with van der Waals surface area (Å²) in [7, 11) is 0. The van der Waals surface area contributed by atoms with Crippen LogP contribution in [0.1, 0.15) is 21.0 Å². The maximum Gasteiger partial charge on any atom is 0.352 e. The van der Waals surface area contributed by atoms with Crippen molar-refractivity contribution in [3.05, 3.63) is 68.9 Å². The van der Waals surface area contributed by atoms with Crippen molar-refractivity contribution in [1.82, 2.24) is 9.97 Å². The van der Waals surface area contributed by atoms with E-state index >= 15 is 0 Å². The summed E-state index contributed by atoms with van der Waals surface area (Å²) in [6.07, 6.45) is 0. The van der Waals surface area contributed by atoms with Crippen molar-refractivity contribution in [3.63, 3.8) is 0 Å². The third-order valence-electron chi connectivity index (χ3n) is 3.66. The van der Waals surface area contributed by atoms with Gasteiger partial charge in [0.25, 0.3) is 5.91 Å². The van der Waals surface area contributed by atoms with Gasteiger partial charge in [-0.2, -0.15) is 0 Å². The molecule has 0 radical (unpaired) electrons. The molecule has 0 aliphatic carbocycles. The van der Waals surface area contributed by atoms with E-state index in [1.54, 1.807) is 12.1 Å². The van der Waals surface area contributed by atoms with Gasteiger partial charge in [0.1, 0.15) is 11.4 Å². The molecule has 0 fully saturated rings. The van der Waals surface area contributed by atoms with Crippen molar-refractivity contribution in [2.75, 3.05) is 0 Å². The Balaban J connectivity index is 0.000000151. The molecule has 2 heterocycles. The number of hydrogen-bond donors (Lipinski definition) is 4. The van der Waals surface area contributed by atoms with E-state index in [4.69, 9.17) is 10.8 Å². The normalized spacial score (nSPS) is 10.5. The van der Waals surface area contributed by atoms with Gasteiger partial charge in [0.05, 0.1) is 0 Å². The molecule has 0 spiro atoms. The lowest BCUT2D eigenvalue weighted by Gasteiger charge is -1.89. The molecule has 2 aromatic heterocycles. The van der Waals surface area contributed by atoms with Crippen LogP contribution in [0.15, 0.2) is 57.5 Å². The molecule has 132 valence electrons. The average molecular weight is 479 g/mol. The van der Waals surface area contributed by atoms with Gasteiger partial charge in [0.2, 0.25) is 0 Å². The minimum absolute atomic E-state index is 0.216. The first kappa shape index (κ1) is 18.2. The zero-order valence-corrected chi connectivity index (χ0v) is 16.4. The Morgan fingerprint density at radius 1 is 0.808 bits per heavy atom. The maximum atomic E-state index is 10.8. The van der Waals surface area contributed by atoms with E-state index < -0.39 is 11.9 Å². The molecule has 6 nitrogen and oxygen atoms in total. The fraction of sp³-hybridized carbons (Fsp3) is 0. The van der Waals surface area contributed by atoms with E-state index in [9.17, 15) is 9.59 Å². The second-order valence-corrected chi connectivity index (χ2v) is 7.33. The molecule has 8 heteroatoms. The number of aromatic nitrogens is 2. The zero-order valence-electron chi connectivity index (χ0n) is 13.2. The number of primary amides is 1. The molecule has 0 saturated carbocycles. The third-order valence-corrected chi connectivity index (χ3v) is 4.65. The van der Waals surface area contributed by atoms with Gasteiger partial charge in [0, 0.05) is 30.8 Å². The van der Waals surface area contributed by atoms with Crippen molar-refractivity contribution in [2.24, 2.45) is 5.73 Å². The van der Waals surface area contributed by atoms with Crippen molar-refractivity contribution in [1.29, 1.82) is 0 Å². The van der Waals surface area contributed by atoms with Gasteiger partial charge < -0.3 is 20.8 Å². The Labute approximate surface area is 164 Å². The maximum absolute atomic E-state index is 10.8. The Bertz CT molecular complexity index is 1040. The quantitative estimate of drug-likeness (QED) is 0.336. The summed E-state index contributed by atoms with van der Waals surface area (Å²) in [5.74, 6) is -1.38. The summed E-state index contributed by atoms with van der Waals surface area (Å²) in [6, 6.07) is 14.7. The molecule has 2 aromatic carbocycles. The van der Waals surface area contributed by atoms with Crippen LogP contribution < -0.4 is 5.73 Å². The number of carbonyl (C=O) groups is 2. The Kier molecular flexibility index (Phi) is 5.15. The van der Waals surface area contributed by atoms with Gasteiger partial charge in [-0.1, -0.05) is 31.9 Å². The Morgan fingerprint density at radius 3 is 1.73 bits per heavy atom. The van der Waals surface area contributed by atoms with Gasteiger partial charge in [-0.3, -0.25) is 4.79 Å². The summed E-state index contributed by atoms with van der Waals surface area (Å²) in [6.45, 7) is 0. The smallest absolute Gasteiger partial charge is 0.352 e. The standard InChI is InChI=1S/C9H7BrN2O.C9H6BrNO2/c10-6-1-2-7-5(3-6)4-8(12-7)9(11)13;10-6-1-2-7-5(3-6)4-8(11-7)9(12)13/h1-4,12H,(H2,11,13);1-4,11H,(H,12,13). The molecule has 4 aromatic rings. The minimum Gasteiger partial charge on any atom is -0.477 e. The second-order valence-electron chi connectivity index (χ2n) is 5.50. The number of aromatic amines is 2. The van der Waals surface area contributed by atoms with Gasteiger partial charge in [-0.05, 0) is 48.5 Å². The van der Waals surface area contributed by atoms with Crippen LogP contribution in [0.4, 0.5) is 0 Å². The molecule has 0 unspecified atom stereocenters. The lowest BCUT2D eigenvalue weighted by atomic mass is 10.2. The first-order valence-electron chi connectivity index (χ1n) is 7.43. The number of carboxylic acids is 1. The summed E-state index contributed by atoms with van der Waals surface area (Å²) in [4.78, 5) is 27.2. The summed E-state index contributed by atoms with van der Waals surface area (Å²) >= 11 is 6.67. The SMILES string of the molecule is NC(=O)c1cc2cc(Br)ccc2[nH]1.O=C(O)c1cc2cc(Br)ccc2[nH]1. The number of benzene rings is 2. The fourth-order valence-corrected chi connectivity index (χ4v) is 3.21. The van der Waals surface area contributed by atoms with Crippen molar-refractivity contribution >= 4 is 65.5 Å². The molecule has 0 atom stereocenters. The number of fused-ring (bicyclic) bond motifs is 2. The molecule has 0 saturated heterocycles. The zero-order chi connectivity index (χ0) is 18.8. The van der Waals surface area contributed by atoms with Crippen LogP contribution in [0, 0.1) is 0 Å². The van der Waals surface area contributed by atoms with E-state index in [0.29, 0.717) is 5.69 Å². The number of carbonyl (C=O) groups excluding carboxylic acids is 1. The highest BCUT2D eigenvalue weighted by Gasteiger charge is 2.07. The van der Waals surface area contributed by atoms with Crippen molar-refractivity contribution in [3.8, 4) is 0 Å². The molecule has 0 aliphatic heterocycles. The van der Waals surface area contributed by atoms with Gasteiger partial charge in [-0.25, -0.2) is 4.79 Å². The molecular weight excluding hydrogens is 466 g/mol. The van der Waals surface area contributed by atoms with Crippen LogP contribution in [-0.4, -0.2) is 27.0 Å². The summed E-state index contributed by atoms with van der Waals surface area (Å²) < 4.78 is 1.92. The van der Waals surface area contributed by atoms with E-state index in [-0.39, 0.29) is 5.69 Å². The number of nitrogens with one attached hydrogen (secondary N) is 2. The van der Waals surface area contributed by atoms with Gasteiger partial charge in [-0.15, -0.1) is 0 Å². The lowest BCUT2D eigenvalue weighted by Crippen LogP contribution is -2.10. The number of halogens is 2. The molecule has 26 heavy (non-hydrogen) atoms. The number of rotatable bonds is 2. The second kappa shape index (κ2) is 7.35. The predicted molar refractivity (Wildman–Crippen MR) is 107 cm³/mol. The average Bonchev–Trinajstić information content (AvgIpc) is 3.18. The van der Waals surface area contributed by atoms with Crippen LogP contribution in [0.3, 0.4) is 0 Å². The van der Waals surface area contributed by atoms with Gasteiger partial charge >= 0.3 is 5.97 Å². The summed E-state index contributed by atoms with van der Waals surface area (Å²) in [5.41, 5.74) is 7.54.